The quantitative estimate of drug-likeness (QED) is 0.756. The first kappa shape index (κ1) is 12.6. The number of ether oxygens (including phenoxy) is 1. The molecule has 0 bridgehead atoms. The standard InChI is InChI=1S/C16H16N2O3/c1-20-12-3-2-10(9-6-14(19)18-7-9)15-11-4-5-17-8-13(11)21-16(12)15/h2-5,8-9,14,18-19H,6-7H2,1H3. The molecule has 0 radical (unpaired) electrons. The van der Waals surface area contributed by atoms with Gasteiger partial charge in [0.15, 0.2) is 16.9 Å². The summed E-state index contributed by atoms with van der Waals surface area (Å²) in [6, 6.07) is 5.96. The van der Waals surface area contributed by atoms with Crippen LogP contribution in [0, 0.1) is 0 Å². The molecule has 3 heterocycles. The number of pyridine rings is 1. The van der Waals surface area contributed by atoms with Crippen LogP contribution < -0.4 is 10.1 Å². The van der Waals surface area contributed by atoms with E-state index in [1.54, 1.807) is 19.5 Å². The van der Waals surface area contributed by atoms with Crippen LogP contribution in [0.25, 0.3) is 21.9 Å². The molecule has 2 unspecified atom stereocenters. The van der Waals surface area contributed by atoms with E-state index in [4.69, 9.17) is 9.15 Å². The summed E-state index contributed by atoms with van der Waals surface area (Å²) in [6.07, 6.45) is 3.76. The summed E-state index contributed by atoms with van der Waals surface area (Å²) < 4.78 is 11.3. The van der Waals surface area contributed by atoms with Gasteiger partial charge in [0.2, 0.25) is 0 Å². The summed E-state index contributed by atoms with van der Waals surface area (Å²) in [7, 11) is 1.64. The van der Waals surface area contributed by atoms with Crippen LogP contribution >= 0.6 is 0 Å². The van der Waals surface area contributed by atoms with E-state index in [2.05, 4.69) is 16.4 Å². The molecule has 1 aliphatic rings. The molecule has 108 valence electrons. The number of nitrogens with zero attached hydrogens (tertiary/aromatic N) is 1. The Hall–Kier alpha value is -2.11. The molecule has 1 saturated heterocycles. The van der Waals surface area contributed by atoms with Gasteiger partial charge in [0, 0.05) is 29.4 Å². The minimum absolute atomic E-state index is 0.266. The number of hydrogen-bond donors (Lipinski definition) is 2. The molecule has 4 rings (SSSR count). The molecule has 3 aromatic rings. The van der Waals surface area contributed by atoms with E-state index in [1.807, 2.05) is 12.1 Å². The van der Waals surface area contributed by atoms with Crippen LogP contribution in [-0.4, -0.2) is 30.0 Å². The lowest BCUT2D eigenvalue weighted by Crippen LogP contribution is -2.19. The third kappa shape index (κ3) is 1.89. The van der Waals surface area contributed by atoms with E-state index in [0.29, 0.717) is 6.42 Å². The molecule has 1 aromatic carbocycles. The Bertz CT molecular complexity index is 812. The van der Waals surface area contributed by atoms with E-state index in [1.165, 1.54) is 5.56 Å². The zero-order valence-corrected chi connectivity index (χ0v) is 11.7. The van der Waals surface area contributed by atoms with Crippen molar-refractivity contribution < 1.29 is 14.3 Å². The Morgan fingerprint density at radius 1 is 1.38 bits per heavy atom. The molecule has 1 aliphatic heterocycles. The van der Waals surface area contributed by atoms with Crippen LogP contribution in [0.1, 0.15) is 17.9 Å². The largest absolute Gasteiger partial charge is 0.493 e. The fourth-order valence-corrected chi connectivity index (χ4v) is 3.19. The van der Waals surface area contributed by atoms with E-state index in [9.17, 15) is 5.11 Å². The van der Waals surface area contributed by atoms with Crippen molar-refractivity contribution in [3.05, 3.63) is 36.2 Å². The predicted octanol–water partition coefficient (Wildman–Crippen LogP) is 2.38. The van der Waals surface area contributed by atoms with Crippen LogP contribution in [-0.2, 0) is 0 Å². The first-order valence-corrected chi connectivity index (χ1v) is 7.02. The highest BCUT2D eigenvalue weighted by atomic mass is 16.5. The summed E-state index contributed by atoms with van der Waals surface area (Å²) in [4.78, 5) is 4.12. The second-order valence-corrected chi connectivity index (χ2v) is 5.39. The van der Waals surface area contributed by atoms with Crippen molar-refractivity contribution in [3.63, 3.8) is 0 Å². The highest BCUT2D eigenvalue weighted by molar-refractivity contribution is 6.08. The Labute approximate surface area is 121 Å². The van der Waals surface area contributed by atoms with Crippen molar-refractivity contribution >= 4 is 21.9 Å². The number of methoxy groups -OCH3 is 1. The van der Waals surface area contributed by atoms with Gasteiger partial charge in [-0.1, -0.05) is 6.07 Å². The Balaban J connectivity index is 2.02. The molecule has 2 atom stereocenters. The molecule has 0 saturated carbocycles. The molecule has 0 amide bonds. The van der Waals surface area contributed by atoms with E-state index >= 15 is 0 Å². The molecular formula is C16H16N2O3. The lowest BCUT2D eigenvalue weighted by Gasteiger charge is -2.12. The maximum absolute atomic E-state index is 9.73. The zero-order valence-electron chi connectivity index (χ0n) is 11.7. The van der Waals surface area contributed by atoms with Crippen molar-refractivity contribution in [2.24, 2.45) is 0 Å². The van der Waals surface area contributed by atoms with Crippen molar-refractivity contribution in [1.82, 2.24) is 10.3 Å². The Kier molecular flexibility index (Phi) is 2.83. The van der Waals surface area contributed by atoms with E-state index in [-0.39, 0.29) is 5.92 Å². The number of aliphatic hydroxyl groups is 1. The Morgan fingerprint density at radius 3 is 3.05 bits per heavy atom. The van der Waals surface area contributed by atoms with E-state index < -0.39 is 6.23 Å². The van der Waals surface area contributed by atoms with Gasteiger partial charge in [-0.05, 0) is 24.1 Å². The number of hydrogen-bond acceptors (Lipinski definition) is 5. The van der Waals surface area contributed by atoms with Gasteiger partial charge < -0.3 is 14.3 Å². The third-order valence-electron chi connectivity index (χ3n) is 4.19. The van der Waals surface area contributed by atoms with Gasteiger partial charge in [-0.15, -0.1) is 0 Å². The monoisotopic (exact) mass is 284 g/mol. The summed E-state index contributed by atoms with van der Waals surface area (Å²) in [5.41, 5.74) is 2.68. The molecule has 2 N–H and O–H groups in total. The number of benzene rings is 1. The number of fused-ring (bicyclic) bond motifs is 3. The molecule has 5 heteroatoms. The molecule has 2 aromatic heterocycles. The predicted molar refractivity (Wildman–Crippen MR) is 79.4 cm³/mol. The van der Waals surface area contributed by atoms with Gasteiger partial charge in [0.1, 0.15) is 6.23 Å². The maximum atomic E-state index is 9.73. The molecular weight excluding hydrogens is 268 g/mol. The molecule has 5 nitrogen and oxygen atoms in total. The van der Waals surface area contributed by atoms with Crippen LogP contribution in [0.15, 0.2) is 35.0 Å². The van der Waals surface area contributed by atoms with Crippen molar-refractivity contribution in [2.45, 2.75) is 18.6 Å². The average Bonchev–Trinajstić information content (AvgIpc) is 3.10. The summed E-state index contributed by atoms with van der Waals surface area (Å²) in [6.45, 7) is 0.764. The lowest BCUT2D eigenvalue weighted by atomic mass is 9.93. The van der Waals surface area contributed by atoms with Gasteiger partial charge in [0.05, 0.1) is 13.3 Å². The van der Waals surface area contributed by atoms with Gasteiger partial charge in [-0.2, -0.15) is 0 Å². The highest BCUT2D eigenvalue weighted by Gasteiger charge is 2.27. The first-order valence-electron chi connectivity index (χ1n) is 7.02. The normalized spacial score (nSPS) is 22.2. The van der Waals surface area contributed by atoms with Crippen LogP contribution in [0.3, 0.4) is 0 Å². The zero-order chi connectivity index (χ0) is 14.4. The molecule has 1 fully saturated rings. The lowest BCUT2D eigenvalue weighted by molar-refractivity contribution is 0.159. The fourth-order valence-electron chi connectivity index (χ4n) is 3.19. The summed E-state index contributed by atoms with van der Waals surface area (Å²) in [5.74, 6) is 0.985. The average molecular weight is 284 g/mol. The number of aliphatic hydroxyl groups excluding tert-OH is 1. The topological polar surface area (TPSA) is 67.5 Å². The number of rotatable bonds is 2. The minimum atomic E-state index is -0.438. The molecule has 0 spiro atoms. The summed E-state index contributed by atoms with van der Waals surface area (Å²) >= 11 is 0. The van der Waals surface area contributed by atoms with Crippen molar-refractivity contribution in [1.29, 1.82) is 0 Å². The minimum Gasteiger partial charge on any atom is -0.493 e. The van der Waals surface area contributed by atoms with Crippen molar-refractivity contribution in [2.75, 3.05) is 13.7 Å². The van der Waals surface area contributed by atoms with Gasteiger partial charge in [-0.3, -0.25) is 10.3 Å². The molecule has 21 heavy (non-hydrogen) atoms. The first-order chi connectivity index (χ1) is 10.3. The SMILES string of the molecule is COc1ccc(C2CNC(O)C2)c2c1oc1cnccc12. The van der Waals surface area contributed by atoms with E-state index in [0.717, 1.165) is 34.2 Å². The van der Waals surface area contributed by atoms with Crippen LogP contribution in [0.2, 0.25) is 0 Å². The maximum Gasteiger partial charge on any atom is 0.177 e. The van der Waals surface area contributed by atoms with Crippen molar-refractivity contribution in [3.8, 4) is 5.75 Å². The third-order valence-corrected chi connectivity index (χ3v) is 4.19. The summed E-state index contributed by atoms with van der Waals surface area (Å²) in [5, 5.41) is 14.9. The molecule has 0 aliphatic carbocycles. The number of nitrogens with one attached hydrogen (secondary N) is 1. The smallest absolute Gasteiger partial charge is 0.177 e. The van der Waals surface area contributed by atoms with Crippen LogP contribution in [0.5, 0.6) is 5.75 Å². The fraction of sp³-hybridized carbons (Fsp3) is 0.312. The number of aromatic nitrogens is 1. The second-order valence-electron chi connectivity index (χ2n) is 5.39. The number of furan rings is 1. The van der Waals surface area contributed by atoms with Gasteiger partial charge in [0.25, 0.3) is 0 Å². The second kappa shape index (κ2) is 4.72. The highest BCUT2D eigenvalue weighted by Crippen LogP contribution is 2.40. The van der Waals surface area contributed by atoms with Gasteiger partial charge in [-0.25, -0.2) is 0 Å². The van der Waals surface area contributed by atoms with Crippen LogP contribution in [0.4, 0.5) is 0 Å². The Morgan fingerprint density at radius 2 is 2.29 bits per heavy atom. The van der Waals surface area contributed by atoms with Gasteiger partial charge >= 0.3 is 0 Å².